The van der Waals surface area contributed by atoms with E-state index in [9.17, 15) is 4.79 Å². The summed E-state index contributed by atoms with van der Waals surface area (Å²) in [5, 5.41) is 5.78. The van der Waals surface area contributed by atoms with E-state index in [0.29, 0.717) is 36.2 Å². The normalized spacial score (nSPS) is 17.4. The van der Waals surface area contributed by atoms with Crippen LogP contribution in [0, 0.1) is 11.8 Å². The molecule has 10 heteroatoms. The number of piperidine rings is 1. The number of pyridine rings is 1. The van der Waals surface area contributed by atoms with Crippen LogP contribution >= 0.6 is 11.3 Å². The predicted octanol–water partition coefficient (Wildman–Crippen LogP) is 5.62. The Kier molecular flexibility index (Phi) is 6.67. The number of hydrogen-bond donors (Lipinski definition) is 2. The smallest absolute Gasteiger partial charge is 0.254 e. The molecule has 2 fully saturated rings. The fourth-order valence-electron chi connectivity index (χ4n) is 6.13. The van der Waals surface area contributed by atoms with Gasteiger partial charge in [-0.05, 0) is 74.4 Å². The number of nitrogens with one attached hydrogen (secondary N) is 1. The van der Waals surface area contributed by atoms with E-state index < -0.39 is 0 Å². The van der Waals surface area contributed by atoms with Crippen LogP contribution in [0.5, 0.6) is 5.75 Å². The van der Waals surface area contributed by atoms with Gasteiger partial charge in [0.2, 0.25) is 0 Å². The SMILES string of the molecule is COc1cc(C(=O)N2CCC[C@@H](CN)C2)cc2nc(-c3cc4scc(Nc5ccncc5)c4n3CC3CC3)n(C)c12. The molecule has 1 saturated heterocycles. The molecule has 1 saturated carbocycles. The highest BCUT2D eigenvalue weighted by Crippen LogP contribution is 2.42. The molecule has 0 bridgehead atoms. The van der Waals surface area contributed by atoms with Crippen LogP contribution < -0.4 is 15.8 Å². The average molecular weight is 570 g/mol. The molecule has 1 atom stereocenters. The number of aryl methyl sites for hydroxylation is 1. The lowest BCUT2D eigenvalue weighted by atomic mass is 9.97. The zero-order valence-electron chi connectivity index (χ0n) is 23.5. The van der Waals surface area contributed by atoms with Gasteiger partial charge in [-0.1, -0.05) is 0 Å². The second kappa shape index (κ2) is 10.5. The molecule has 212 valence electrons. The summed E-state index contributed by atoms with van der Waals surface area (Å²) in [6.07, 6.45) is 8.15. The van der Waals surface area contributed by atoms with Crippen LogP contribution in [0.1, 0.15) is 36.0 Å². The number of nitrogens with zero attached hydrogens (tertiary/aromatic N) is 5. The molecule has 4 aromatic heterocycles. The third-order valence-electron chi connectivity index (χ3n) is 8.49. The Morgan fingerprint density at radius 2 is 1.98 bits per heavy atom. The first-order valence-electron chi connectivity index (χ1n) is 14.4. The lowest BCUT2D eigenvalue weighted by Crippen LogP contribution is -2.42. The molecule has 0 unspecified atom stereocenters. The van der Waals surface area contributed by atoms with E-state index >= 15 is 0 Å². The molecule has 3 N–H and O–H groups in total. The monoisotopic (exact) mass is 569 g/mol. The summed E-state index contributed by atoms with van der Waals surface area (Å²) in [6, 6.07) is 9.99. The van der Waals surface area contributed by atoms with Gasteiger partial charge in [0.05, 0.1) is 34.2 Å². The molecule has 1 amide bonds. The highest BCUT2D eigenvalue weighted by atomic mass is 32.1. The number of ether oxygens (including phenoxy) is 1. The van der Waals surface area contributed by atoms with Gasteiger partial charge in [0.1, 0.15) is 11.3 Å². The first-order valence-corrected chi connectivity index (χ1v) is 15.2. The molecule has 0 radical (unpaired) electrons. The maximum absolute atomic E-state index is 13.6. The number of imidazole rings is 1. The first kappa shape index (κ1) is 26.0. The van der Waals surface area contributed by atoms with Crippen molar-refractivity contribution in [3.8, 4) is 17.3 Å². The van der Waals surface area contributed by atoms with Crippen molar-refractivity contribution in [2.24, 2.45) is 24.6 Å². The highest BCUT2D eigenvalue weighted by Gasteiger charge is 2.29. The average Bonchev–Trinajstić information content (AvgIpc) is 3.52. The second-order valence-electron chi connectivity index (χ2n) is 11.3. The molecule has 1 aromatic carbocycles. The number of nitrogens with two attached hydrogens (primary N) is 1. The summed E-state index contributed by atoms with van der Waals surface area (Å²) >= 11 is 1.74. The van der Waals surface area contributed by atoms with Crippen molar-refractivity contribution in [3.05, 3.63) is 53.7 Å². The number of anilines is 2. The minimum absolute atomic E-state index is 0.0139. The zero-order valence-corrected chi connectivity index (χ0v) is 24.3. The molecule has 5 aromatic rings. The van der Waals surface area contributed by atoms with Crippen molar-refractivity contribution in [1.29, 1.82) is 0 Å². The number of benzene rings is 1. The van der Waals surface area contributed by atoms with E-state index in [-0.39, 0.29) is 5.91 Å². The molecular weight excluding hydrogens is 534 g/mol. The first-order chi connectivity index (χ1) is 20.0. The Morgan fingerprint density at radius 1 is 1.15 bits per heavy atom. The number of methoxy groups -OCH3 is 1. The Bertz CT molecular complexity index is 1730. The molecule has 7 rings (SSSR count). The van der Waals surface area contributed by atoms with E-state index in [1.54, 1.807) is 30.8 Å². The molecule has 5 heterocycles. The summed E-state index contributed by atoms with van der Waals surface area (Å²) in [4.78, 5) is 24.8. The maximum Gasteiger partial charge on any atom is 0.254 e. The standard InChI is InChI=1S/C31H35N7O2S/c1-36-28-23(12-21(13-26(28)40-2)31(39)37-11-3-4-20(15-32)16-37)35-30(36)25-14-27-29(38(25)17-19-5-6-19)24(18-41-27)34-22-7-9-33-10-8-22/h7-10,12-14,18-20H,3-6,11,15-17,32H2,1-2H3,(H,33,34)/t20-/m0/s1. The van der Waals surface area contributed by atoms with Gasteiger partial charge in [0.15, 0.2) is 5.82 Å². The summed E-state index contributed by atoms with van der Waals surface area (Å²) in [7, 11) is 3.69. The zero-order chi connectivity index (χ0) is 28.1. The van der Waals surface area contributed by atoms with Gasteiger partial charge in [0.25, 0.3) is 5.91 Å². The van der Waals surface area contributed by atoms with E-state index in [4.69, 9.17) is 15.5 Å². The van der Waals surface area contributed by atoms with Gasteiger partial charge in [0, 0.05) is 55.7 Å². The fourth-order valence-corrected chi connectivity index (χ4v) is 7.05. The fraction of sp³-hybridized carbons (Fsp3) is 0.387. The number of carbonyl (C=O) groups is 1. The minimum Gasteiger partial charge on any atom is -0.494 e. The number of aromatic nitrogens is 4. The summed E-state index contributed by atoms with van der Waals surface area (Å²) in [5.74, 6) is 2.56. The van der Waals surface area contributed by atoms with Crippen molar-refractivity contribution < 1.29 is 9.53 Å². The Labute approximate surface area is 242 Å². The molecule has 1 aliphatic heterocycles. The summed E-state index contributed by atoms with van der Waals surface area (Å²) < 4.78 is 11.6. The second-order valence-corrected chi connectivity index (χ2v) is 12.3. The van der Waals surface area contributed by atoms with Gasteiger partial charge >= 0.3 is 0 Å². The maximum atomic E-state index is 13.6. The van der Waals surface area contributed by atoms with E-state index in [1.165, 1.54) is 23.1 Å². The van der Waals surface area contributed by atoms with Gasteiger partial charge in [-0.15, -0.1) is 11.3 Å². The quantitative estimate of drug-likeness (QED) is 0.251. The molecular formula is C31H35N7O2S. The van der Waals surface area contributed by atoms with Crippen molar-refractivity contribution in [1.82, 2.24) is 24.0 Å². The molecule has 1 aliphatic carbocycles. The van der Waals surface area contributed by atoms with Gasteiger partial charge in [-0.25, -0.2) is 4.98 Å². The van der Waals surface area contributed by atoms with Crippen LogP contribution in [-0.2, 0) is 13.6 Å². The number of hydrogen-bond acceptors (Lipinski definition) is 7. The predicted molar refractivity (Wildman–Crippen MR) is 164 cm³/mol. The summed E-state index contributed by atoms with van der Waals surface area (Å²) in [6.45, 7) is 3.00. The molecule has 41 heavy (non-hydrogen) atoms. The summed E-state index contributed by atoms with van der Waals surface area (Å²) in [5.41, 5.74) is 12.6. The van der Waals surface area contributed by atoms with Crippen molar-refractivity contribution >= 4 is 49.9 Å². The number of rotatable bonds is 8. The van der Waals surface area contributed by atoms with Crippen LogP contribution in [0.4, 0.5) is 11.4 Å². The van der Waals surface area contributed by atoms with Crippen molar-refractivity contribution in [2.75, 3.05) is 32.1 Å². The van der Waals surface area contributed by atoms with Crippen LogP contribution in [-0.4, -0.2) is 56.7 Å². The van der Waals surface area contributed by atoms with Crippen LogP contribution in [0.2, 0.25) is 0 Å². The highest BCUT2D eigenvalue weighted by molar-refractivity contribution is 7.17. The van der Waals surface area contributed by atoms with Crippen LogP contribution in [0.25, 0.3) is 32.8 Å². The third kappa shape index (κ3) is 4.74. The van der Waals surface area contributed by atoms with E-state index in [1.807, 2.05) is 36.2 Å². The van der Waals surface area contributed by atoms with E-state index in [2.05, 4.69) is 30.9 Å². The van der Waals surface area contributed by atoms with E-state index in [0.717, 1.165) is 59.9 Å². The Hall–Kier alpha value is -3.89. The Morgan fingerprint density at radius 3 is 2.73 bits per heavy atom. The number of carbonyl (C=O) groups excluding carboxylic acids is 1. The largest absolute Gasteiger partial charge is 0.494 e. The lowest BCUT2D eigenvalue weighted by Gasteiger charge is -2.32. The van der Waals surface area contributed by atoms with Gasteiger partial charge in [-0.3, -0.25) is 9.78 Å². The van der Waals surface area contributed by atoms with Crippen LogP contribution in [0.3, 0.4) is 0 Å². The van der Waals surface area contributed by atoms with Crippen molar-refractivity contribution in [3.63, 3.8) is 0 Å². The number of thiophene rings is 1. The molecule has 2 aliphatic rings. The van der Waals surface area contributed by atoms with Gasteiger partial charge < -0.3 is 29.8 Å². The molecule has 0 spiro atoms. The topological polar surface area (TPSA) is 103 Å². The minimum atomic E-state index is 0.0139. The van der Waals surface area contributed by atoms with Crippen molar-refractivity contribution in [2.45, 2.75) is 32.2 Å². The molecule has 9 nitrogen and oxygen atoms in total. The number of fused-ring (bicyclic) bond motifs is 2. The number of amides is 1. The van der Waals surface area contributed by atoms with Crippen LogP contribution in [0.15, 0.2) is 48.1 Å². The van der Waals surface area contributed by atoms with Gasteiger partial charge in [-0.2, -0.15) is 0 Å². The lowest BCUT2D eigenvalue weighted by molar-refractivity contribution is 0.0678. The Balaban J connectivity index is 1.31. The third-order valence-corrected chi connectivity index (χ3v) is 9.41. The number of likely N-dealkylation sites (tertiary alicyclic amines) is 1.